The minimum atomic E-state index is -1.26. The maximum atomic E-state index is 11.6. The first-order chi connectivity index (χ1) is 14.6. The largest absolute Gasteiger partial charge is 0.447 e. The Labute approximate surface area is 171 Å². The summed E-state index contributed by atoms with van der Waals surface area (Å²) in [4.78, 5) is 24.4. The van der Waals surface area contributed by atoms with E-state index in [-0.39, 0.29) is 19.2 Å². The van der Waals surface area contributed by atoms with Gasteiger partial charge in [0, 0.05) is 13.2 Å². The zero-order valence-electron chi connectivity index (χ0n) is 16.2. The van der Waals surface area contributed by atoms with Crippen molar-refractivity contribution >= 4 is 23.1 Å². The minimum Gasteiger partial charge on any atom is -0.447 e. The van der Waals surface area contributed by atoms with E-state index in [1.165, 1.54) is 23.3 Å². The quantitative estimate of drug-likeness (QED) is 0.434. The molecule has 0 unspecified atom stereocenters. The van der Waals surface area contributed by atoms with Gasteiger partial charge in [-0.15, -0.1) is 6.58 Å². The molecule has 4 rings (SSSR count). The van der Waals surface area contributed by atoms with Crippen molar-refractivity contribution in [2.24, 2.45) is 0 Å². The summed E-state index contributed by atoms with van der Waals surface area (Å²) in [5.74, 6) is 0.557. The molecule has 2 fully saturated rings. The molecule has 2 aliphatic heterocycles. The number of rotatable bonds is 7. The summed E-state index contributed by atoms with van der Waals surface area (Å²) in [7, 11) is 0. The summed E-state index contributed by atoms with van der Waals surface area (Å²) in [6.07, 6.45) is 0.186. The molecule has 2 aromatic rings. The van der Waals surface area contributed by atoms with Crippen LogP contribution < -0.4 is 10.6 Å². The van der Waals surface area contributed by atoms with Gasteiger partial charge in [-0.3, -0.25) is 4.57 Å². The molecule has 4 N–H and O–H groups in total. The summed E-state index contributed by atoms with van der Waals surface area (Å²) in [6.45, 7) is 4.79. The number of carbonyl (C=O) groups is 1. The van der Waals surface area contributed by atoms with Gasteiger partial charge < -0.3 is 35.1 Å². The number of aliphatic hydroxyl groups excluding tert-OH is 2. The fourth-order valence-corrected chi connectivity index (χ4v) is 3.45. The Balaban J connectivity index is 1.48. The van der Waals surface area contributed by atoms with Crippen molar-refractivity contribution in [3.8, 4) is 0 Å². The van der Waals surface area contributed by atoms with Crippen LogP contribution in [-0.2, 0) is 14.2 Å². The Morgan fingerprint density at radius 1 is 1.37 bits per heavy atom. The van der Waals surface area contributed by atoms with Gasteiger partial charge in [0.1, 0.15) is 31.2 Å². The Morgan fingerprint density at radius 2 is 2.23 bits per heavy atom. The van der Waals surface area contributed by atoms with Crippen LogP contribution in [0.2, 0.25) is 0 Å². The second-order valence-electron chi connectivity index (χ2n) is 7.07. The number of hydrogen-bond acceptors (Lipinski definition) is 10. The van der Waals surface area contributed by atoms with E-state index in [1.54, 1.807) is 0 Å². The van der Waals surface area contributed by atoms with E-state index in [9.17, 15) is 15.0 Å². The van der Waals surface area contributed by atoms with Crippen molar-refractivity contribution in [1.82, 2.24) is 24.8 Å². The highest BCUT2D eigenvalue weighted by Crippen LogP contribution is 2.32. The molecule has 1 amide bonds. The van der Waals surface area contributed by atoms with Crippen LogP contribution in [0.5, 0.6) is 0 Å². The lowest BCUT2D eigenvalue weighted by Gasteiger charge is -2.17. The Hall–Kier alpha value is -2.80. The lowest BCUT2D eigenvalue weighted by atomic mass is 10.1. The van der Waals surface area contributed by atoms with Gasteiger partial charge in [-0.05, 0) is 6.42 Å². The van der Waals surface area contributed by atoms with Gasteiger partial charge in [0.2, 0.25) is 0 Å². The van der Waals surface area contributed by atoms with Crippen molar-refractivity contribution in [3.63, 3.8) is 0 Å². The molecule has 2 aromatic heterocycles. The normalized spacial score (nSPS) is 28.5. The van der Waals surface area contributed by atoms with Crippen LogP contribution >= 0.6 is 0 Å². The van der Waals surface area contributed by atoms with Gasteiger partial charge in [0.25, 0.3) is 0 Å². The van der Waals surface area contributed by atoms with E-state index in [0.717, 1.165) is 6.42 Å². The van der Waals surface area contributed by atoms with Crippen molar-refractivity contribution in [3.05, 3.63) is 25.3 Å². The van der Waals surface area contributed by atoms with E-state index in [4.69, 9.17) is 14.2 Å². The number of imidazole rings is 1. The average Bonchev–Trinajstić information content (AvgIpc) is 3.47. The van der Waals surface area contributed by atoms with E-state index in [2.05, 4.69) is 32.2 Å². The summed E-state index contributed by atoms with van der Waals surface area (Å²) < 4.78 is 17.7. The molecule has 2 saturated heterocycles. The van der Waals surface area contributed by atoms with E-state index in [1.807, 2.05) is 0 Å². The van der Waals surface area contributed by atoms with Crippen LogP contribution in [0.1, 0.15) is 12.6 Å². The summed E-state index contributed by atoms with van der Waals surface area (Å²) in [5.41, 5.74) is 0.950. The number of amides is 1. The number of hydrogen-bond donors (Lipinski definition) is 4. The molecule has 0 radical (unpaired) electrons. The van der Waals surface area contributed by atoms with Gasteiger partial charge in [-0.2, -0.15) is 0 Å². The smallest absolute Gasteiger partial charge is 0.407 e. The zero-order chi connectivity index (χ0) is 21.1. The molecule has 0 spiro atoms. The standard InChI is InChI=1S/C18H24N6O6/c1-2-4-19-18(27)29-7-11-13(25)14(26)17(30-11)24-9-22-12-15(20-8-21-16(12)24)23-10-3-5-28-6-10/h2,8-11,13-14,17,25-26H,1,3-7H2,(H,19,27)(H,20,21,23)/t10-,11-,13-,14-,17-/m1/s1. The zero-order valence-corrected chi connectivity index (χ0v) is 16.2. The molecule has 12 nitrogen and oxygen atoms in total. The number of nitrogens with one attached hydrogen (secondary N) is 2. The van der Waals surface area contributed by atoms with Gasteiger partial charge in [0.15, 0.2) is 23.2 Å². The fourth-order valence-electron chi connectivity index (χ4n) is 3.45. The topological polar surface area (TPSA) is 153 Å². The fraction of sp³-hybridized carbons (Fsp3) is 0.556. The second-order valence-corrected chi connectivity index (χ2v) is 7.07. The molecular weight excluding hydrogens is 396 g/mol. The summed E-state index contributed by atoms with van der Waals surface area (Å²) in [6, 6.07) is 0.136. The SMILES string of the molecule is C=CCNC(=O)OC[C@H]1O[C@@H](n2cnc3c(N[C@@H]4CCOC4)ncnc32)[C@H](O)[C@@H]1O. The Bertz CT molecular complexity index is 900. The maximum Gasteiger partial charge on any atom is 0.407 e. The molecule has 162 valence electrons. The van der Waals surface area contributed by atoms with Crippen molar-refractivity contribution in [1.29, 1.82) is 0 Å². The number of aromatic nitrogens is 4. The number of ether oxygens (including phenoxy) is 3. The second kappa shape index (κ2) is 8.92. The first-order valence-electron chi connectivity index (χ1n) is 9.63. The minimum absolute atomic E-state index is 0.136. The molecule has 0 aliphatic carbocycles. The van der Waals surface area contributed by atoms with Gasteiger partial charge in [-0.1, -0.05) is 6.08 Å². The van der Waals surface area contributed by atoms with Crippen LogP contribution in [0.25, 0.3) is 11.2 Å². The number of carbonyl (C=O) groups excluding carboxylic acids is 1. The lowest BCUT2D eigenvalue weighted by molar-refractivity contribution is -0.0532. The summed E-state index contributed by atoms with van der Waals surface area (Å²) in [5, 5.41) is 26.6. The first kappa shape index (κ1) is 20.5. The molecular formula is C18H24N6O6. The third-order valence-electron chi connectivity index (χ3n) is 5.01. The average molecular weight is 420 g/mol. The van der Waals surface area contributed by atoms with Crippen molar-refractivity contribution in [2.45, 2.75) is 37.0 Å². The number of fused-ring (bicyclic) bond motifs is 1. The van der Waals surface area contributed by atoms with Crippen LogP contribution in [0.3, 0.4) is 0 Å². The highest BCUT2D eigenvalue weighted by Gasteiger charge is 2.45. The van der Waals surface area contributed by atoms with E-state index < -0.39 is 30.6 Å². The van der Waals surface area contributed by atoms with Crippen LogP contribution in [0.4, 0.5) is 10.6 Å². The Kier molecular flexibility index (Phi) is 6.08. The molecule has 4 heterocycles. The van der Waals surface area contributed by atoms with Gasteiger partial charge >= 0.3 is 6.09 Å². The predicted molar refractivity (Wildman–Crippen MR) is 104 cm³/mol. The first-order valence-corrected chi connectivity index (χ1v) is 9.63. The monoisotopic (exact) mass is 420 g/mol. The van der Waals surface area contributed by atoms with Crippen LogP contribution in [-0.4, -0.2) is 86.5 Å². The van der Waals surface area contributed by atoms with Crippen LogP contribution in [0, 0.1) is 0 Å². The van der Waals surface area contributed by atoms with Crippen molar-refractivity contribution < 1.29 is 29.2 Å². The maximum absolute atomic E-state index is 11.6. The summed E-state index contributed by atoms with van der Waals surface area (Å²) >= 11 is 0. The predicted octanol–water partition coefficient (Wildman–Crippen LogP) is -0.441. The Morgan fingerprint density at radius 3 is 3.00 bits per heavy atom. The van der Waals surface area contributed by atoms with Gasteiger partial charge in [-0.25, -0.2) is 19.7 Å². The number of anilines is 1. The van der Waals surface area contributed by atoms with E-state index >= 15 is 0 Å². The molecule has 0 saturated carbocycles. The lowest BCUT2D eigenvalue weighted by Crippen LogP contribution is -2.36. The van der Waals surface area contributed by atoms with E-state index in [0.29, 0.717) is 30.2 Å². The number of alkyl carbamates (subject to hydrolysis) is 1. The van der Waals surface area contributed by atoms with Crippen molar-refractivity contribution in [2.75, 3.05) is 31.7 Å². The highest BCUT2D eigenvalue weighted by atomic mass is 16.6. The highest BCUT2D eigenvalue weighted by molar-refractivity contribution is 5.82. The third-order valence-corrected chi connectivity index (χ3v) is 5.01. The molecule has 30 heavy (non-hydrogen) atoms. The molecule has 0 aromatic carbocycles. The molecule has 0 bridgehead atoms. The molecule has 5 atom stereocenters. The number of nitrogens with zero attached hydrogens (tertiary/aromatic N) is 4. The van der Waals surface area contributed by atoms with Crippen LogP contribution in [0.15, 0.2) is 25.3 Å². The molecule has 12 heteroatoms. The molecule has 2 aliphatic rings. The number of aliphatic hydroxyl groups is 2. The third kappa shape index (κ3) is 4.07. The van der Waals surface area contributed by atoms with Gasteiger partial charge in [0.05, 0.1) is 19.0 Å².